The Labute approximate surface area is 379 Å². The van der Waals surface area contributed by atoms with Gasteiger partial charge in [-0.2, -0.15) is 0 Å². The Morgan fingerprint density at radius 1 is 0.417 bits per heavy atom. The molecular weight excluding hydrogens is 814 g/mol. The van der Waals surface area contributed by atoms with Crippen LogP contribution in [-0.4, -0.2) is 63.7 Å². The third-order valence-corrected chi connectivity index (χ3v) is 10.6. The van der Waals surface area contributed by atoms with Gasteiger partial charge in [-0.3, -0.25) is 0 Å². The van der Waals surface area contributed by atoms with Gasteiger partial charge >= 0.3 is 79.4 Å². The molecule has 0 amide bonds. The van der Waals surface area contributed by atoms with Crippen LogP contribution in [0, 0.1) is 26.6 Å². The van der Waals surface area contributed by atoms with Crippen LogP contribution in [0.3, 0.4) is 0 Å². The van der Waals surface area contributed by atoms with E-state index in [9.17, 15) is 0 Å². The summed E-state index contributed by atoms with van der Waals surface area (Å²) < 4.78 is 39.9. The molecule has 316 valence electrons. The van der Waals surface area contributed by atoms with Crippen molar-refractivity contribution < 1.29 is 44.9 Å². The summed E-state index contributed by atoms with van der Waals surface area (Å²) in [6.07, 6.45) is 13.0. The Bertz CT molecular complexity index is 1890. The number of nitrogens with zero attached hydrogens (tertiary/aromatic N) is 2. The average molecular weight is 877 g/mol. The monoisotopic (exact) mass is 876 g/mol. The van der Waals surface area contributed by atoms with Gasteiger partial charge in [-0.1, -0.05) is 55.4 Å². The zero-order valence-corrected chi connectivity index (χ0v) is 39.1. The molecular formula is C48H62AlCoN4O6+6. The molecule has 2 fully saturated rings. The molecule has 0 aromatic carbocycles. The van der Waals surface area contributed by atoms with E-state index in [0.717, 1.165) is 101 Å². The molecule has 0 aliphatic carbocycles. The van der Waals surface area contributed by atoms with Crippen molar-refractivity contribution in [1.82, 2.24) is 19.9 Å². The normalized spacial score (nSPS) is 13.2. The minimum Gasteiger partial charge on any atom is 3.00 e. The maximum atomic E-state index is 7.50. The summed E-state index contributed by atoms with van der Waals surface area (Å²) in [6, 6.07) is 9.24. The number of hydrogen-bond acceptors (Lipinski definition) is 4. The Hall–Kier alpha value is -3.48. The smallest absolute Gasteiger partial charge is 3.00 e. The molecule has 8 bridgehead atoms. The maximum Gasteiger partial charge on any atom is 3.00 e. The number of H-pyrrole nitrogens is 2. The summed E-state index contributed by atoms with van der Waals surface area (Å²) in [6.45, 7) is 40.1. The first-order chi connectivity index (χ1) is 28.5. The second-order valence-corrected chi connectivity index (χ2v) is 13.5. The largest absolute Gasteiger partial charge is 3.00 e. The summed E-state index contributed by atoms with van der Waals surface area (Å²) in [7, 11) is 0. The van der Waals surface area contributed by atoms with Crippen LogP contribution in [0.4, 0.5) is 0 Å². The first-order valence-electron chi connectivity index (χ1n) is 20.7. The number of allylic oxidation sites excluding steroid dienone is 4. The van der Waals surface area contributed by atoms with Gasteiger partial charge in [0.25, 0.3) is 0 Å². The van der Waals surface area contributed by atoms with E-state index in [2.05, 4.69) is 116 Å². The standard InChI is InChI=1S/C36H46N4.2C4H8O.4CO.Al.Co/c1-9-21-22(10-2)30-18-32-25(13-5)26(14-6)34(39-32)20-36-28(16-8)27(15-7)35(40-36)19-33-24(12-4)23(11-3)31(38-33)17-29(21)37-30;2*1-2-4-5-3-1;4*1-2;;/h17-20,37-38H,9-16H2,1-8H3;2*1-4H2;;;;;;/q;;;;;;;2*+3. The Kier molecular flexibility index (Phi) is 32.4. The first-order valence-corrected chi connectivity index (χ1v) is 20.7. The van der Waals surface area contributed by atoms with Crippen LogP contribution in [-0.2, 0) is 70.5 Å². The van der Waals surface area contributed by atoms with Gasteiger partial charge in [0.1, 0.15) is 0 Å². The van der Waals surface area contributed by atoms with Gasteiger partial charge < -0.3 is 19.4 Å². The number of nitrogens with one attached hydrogen (secondary N) is 2. The SMILES string of the molecule is C1CCOC1.C1CCOC1.CCC1=C(CC)c2cc3[nH]c(cc4[nH]c(cc5nc(cc1n2)C(CC)=C5CC)c(CC)c4CC)c(CC)c3CC.[Al+3].[C-]#[O+].[C-]#[O+].[C-]#[O+].[C-]#[O+].[Co+3]. The summed E-state index contributed by atoms with van der Waals surface area (Å²) in [5.41, 5.74) is 20.2. The number of aromatic amines is 2. The van der Waals surface area contributed by atoms with Crippen LogP contribution in [0.15, 0.2) is 24.3 Å². The number of hydrogen-bond donors (Lipinski definition) is 2. The van der Waals surface area contributed by atoms with Crippen LogP contribution in [0.5, 0.6) is 0 Å². The molecule has 0 unspecified atom stereocenters. The van der Waals surface area contributed by atoms with E-state index in [0.29, 0.717) is 0 Å². The van der Waals surface area contributed by atoms with Crippen LogP contribution in [0.25, 0.3) is 44.4 Å². The van der Waals surface area contributed by atoms with Gasteiger partial charge in [0.15, 0.2) is 0 Å². The summed E-state index contributed by atoms with van der Waals surface area (Å²) in [4.78, 5) is 18.2. The van der Waals surface area contributed by atoms with Crippen molar-refractivity contribution in [2.45, 2.75) is 132 Å². The minimum atomic E-state index is 0. The second-order valence-electron chi connectivity index (χ2n) is 13.5. The quantitative estimate of drug-likeness (QED) is 0.131. The van der Waals surface area contributed by atoms with Crippen molar-refractivity contribution in [1.29, 1.82) is 0 Å². The zero-order chi connectivity index (χ0) is 43.6. The van der Waals surface area contributed by atoms with Crippen molar-refractivity contribution in [3.63, 3.8) is 0 Å². The second kappa shape index (κ2) is 33.2. The molecule has 3 aromatic rings. The average Bonchev–Trinajstić information content (AvgIpc) is 4.15. The van der Waals surface area contributed by atoms with Gasteiger partial charge in [0.2, 0.25) is 0 Å². The number of aromatic nitrogens is 4. The number of ether oxygens (including phenoxy) is 2. The van der Waals surface area contributed by atoms with E-state index in [-0.39, 0.29) is 34.1 Å². The van der Waals surface area contributed by atoms with Gasteiger partial charge in [-0.25, -0.2) is 9.97 Å². The molecule has 60 heavy (non-hydrogen) atoms. The van der Waals surface area contributed by atoms with E-state index in [1.165, 1.54) is 92.3 Å². The molecule has 7 heterocycles. The molecule has 0 spiro atoms. The van der Waals surface area contributed by atoms with Crippen LogP contribution < -0.4 is 0 Å². The molecule has 4 aliphatic rings. The molecule has 0 saturated carbocycles. The summed E-state index contributed by atoms with van der Waals surface area (Å²) >= 11 is 0. The molecule has 12 heteroatoms. The molecule has 7 rings (SSSR count). The van der Waals surface area contributed by atoms with Crippen molar-refractivity contribution in [3.8, 4) is 0 Å². The van der Waals surface area contributed by atoms with Crippen LogP contribution in [0.1, 0.15) is 152 Å². The molecule has 10 nitrogen and oxygen atoms in total. The topological polar surface area (TPSA) is 155 Å². The predicted molar refractivity (Wildman–Crippen MR) is 235 cm³/mol. The molecule has 0 radical (unpaired) electrons. The van der Waals surface area contributed by atoms with Crippen molar-refractivity contribution in [2.75, 3.05) is 26.4 Å². The van der Waals surface area contributed by atoms with E-state index in [1.54, 1.807) is 0 Å². The van der Waals surface area contributed by atoms with Gasteiger partial charge in [0, 0.05) is 48.5 Å². The Morgan fingerprint density at radius 3 is 0.850 bits per heavy atom. The van der Waals surface area contributed by atoms with Crippen LogP contribution in [0.2, 0.25) is 0 Å². The molecule has 0 atom stereocenters. The fourth-order valence-electron chi connectivity index (χ4n) is 8.12. The van der Waals surface area contributed by atoms with Crippen molar-refractivity contribution in [2.24, 2.45) is 0 Å². The number of fused-ring (bicyclic) bond motifs is 8. The first kappa shape index (κ1) is 58.6. The van der Waals surface area contributed by atoms with Gasteiger partial charge in [-0.05, 0) is 146 Å². The molecule has 3 aromatic heterocycles. The minimum absolute atomic E-state index is 0. The van der Waals surface area contributed by atoms with Gasteiger partial charge in [-0.15, -0.1) is 0 Å². The Balaban J connectivity index is 0. The fourth-order valence-corrected chi connectivity index (χ4v) is 8.12. The third-order valence-electron chi connectivity index (χ3n) is 10.6. The zero-order valence-electron chi connectivity index (χ0n) is 36.9. The number of rotatable bonds is 8. The predicted octanol–water partition coefficient (Wildman–Crippen LogP) is 11.1. The molecule has 2 saturated heterocycles. The third kappa shape index (κ3) is 14.9. The van der Waals surface area contributed by atoms with E-state index in [4.69, 9.17) is 38.1 Å². The van der Waals surface area contributed by atoms with Crippen molar-refractivity contribution in [3.05, 3.63) is 95.9 Å². The molecule has 4 aliphatic heterocycles. The van der Waals surface area contributed by atoms with E-state index >= 15 is 0 Å². The van der Waals surface area contributed by atoms with Gasteiger partial charge in [0.05, 0.1) is 22.8 Å². The van der Waals surface area contributed by atoms with E-state index in [1.807, 2.05) is 0 Å². The summed E-state index contributed by atoms with van der Waals surface area (Å²) in [5.74, 6) is 0. The van der Waals surface area contributed by atoms with E-state index < -0.39 is 0 Å². The van der Waals surface area contributed by atoms with Crippen LogP contribution >= 0.6 is 0 Å². The fraction of sp³-hybridized carbons (Fsp3) is 0.500. The summed E-state index contributed by atoms with van der Waals surface area (Å²) in [5, 5.41) is 0. The number of aryl methyl sites for hydroxylation is 4. The Morgan fingerprint density at radius 2 is 0.650 bits per heavy atom. The maximum absolute atomic E-state index is 7.50. The molecule has 2 N–H and O–H groups in total. The van der Waals surface area contributed by atoms with Crippen molar-refractivity contribution >= 4 is 61.7 Å².